The van der Waals surface area contributed by atoms with Gasteiger partial charge in [-0.2, -0.15) is 0 Å². The molecule has 0 unspecified atom stereocenters. The standard InChI is InChI=1S/C68H52B2N2/c1-41-32-43(3)63(44(4)33-41)69-57-30-28-52(48-20-11-8-12-21-48)38-60(57)72-62-40-54-23-14-16-27-56(54)66-67(62)71(61-39-53-22-13-15-26-55(53)65(69)68(61)72)59-31-29-51(50-25-17-24-49(36-50)47-18-9-7-10-19-47)37-58(59)70(66)64-45(5)34-42(2)35-46(64)6/h7-40H,1-6H3. The Morgan fingerprint density at radius 1 is 0.278 bits per heavy atom. The fourth-order valence-corrected chi connectivity index (χ4v) is 13.5. The van der Waals surface area contributed by atoms with Crippen molar-refractivity contribution >= 4 is 102 Å². The maximum atomic E-state index is 2.69. The predicted octanol–water partition coefficient (Wildman–Crippen LogP) is 13.8. The molecule has 0 N–H and O–H groups in total. The Morgan fingerprint density at radius 2 is 0.694 bits per heavy atom. The molecule has 0 bridgehead atoms. The number of anilines is 6. The van der Waals surface area contributed by atoms with E-state index in [2.05, 4.69) is 258 Å². The minimum Gasteiger partial charge on any atom is -0.307 e. The molecule has 340 valence electrons. The highest BCUT2D eigenvalue weighted by molar-refractivity contribution is 7.01. The maximum absolute atomic E-state index is 2.69. The van der Waals surface area contributed by atoms with Crippen LogP contribution in [0.3, 0.4) is 0 Å². The molecule has 0 saturated carbocycles. The highest BCUT2D eigenvalue weighted by Gasteiger charge is 2.48. The van der Waals surface area contributed by atoms with Crippen molar-refractivity contribution < 1.29 is 0 Å². The van der Waals surface area contributed by atoms with E-state index in [1.165, 1.54) is 155 Å². The molecule has 0 atom stereocenters. The van der Waals surface area contributed by atoms with Gasteiger partial charge in [-0.15, -0.1) is 0 Å². The summed E-state index contributed by atoms with van der Waals surface area (Å²) in [5.74, 6) is 0. The van der Waals surface area contributed by atoms with Crippen molar-refractivity contribution in [2.75, 3.05) is 9.80 Å². The van der Waals surface area contributed by atoms with Gasteiger partial charge in [-0.1, -0.05) is 220 Å². The quantitative estimate of drug-likeness (QED) is 0.159. The smallest absolute Gasteiger partial charge is 0.248 e. The van der Waals surface area contributed by atoms with Crippen molar-refractivity contribution in [1.29, 1.82) is 0 Å². The first-order chi connectivity index (χ1) is 35.2. The molecule has 11 aromatic carbocycles. The molecule has 4 heteroatoms. The average Bonchev–Trinajstić information content (AvgIpc) is 3.41. The Labute approximate surface area is 424 Å². The zero-order valence-corrected chi connectivity index (χ0v) is 41.7. The van der Waals surface area contributed by atoms with Crippen molar-refractivity contribution in [2.24, 2.45) is 0 Å². The summed E-state index contributed by atoms with van der Waals surface area (Å²) in [6.07, 6.45) is 0. The van der Waals surface area contributed by atoms with Crippen LogP contribution in [0.5, 0.6) is 0 Å². The van der Waals surface area contributed by atoms with Crippen LogP contribution in [0.25, 0.3) is 54.9 Å². The molecule has 3 aliphatic rings. The third-order valence-corrected chi connectivity index (χ3v) is 16.2. The van der Waals surface area contributed by atoms with Crippen LogP contribution >= 0.6 is 0 Å². The van der Waals surface area contributed by atoms with E-state index in [9.17, 15) is 0 Å². The van der Waals surface area contributed by atoms with Gasteiger partial charge in [0.1, 0.15) is 0 Å². The number of aryl methyl sites for hydroxylation is 6. The number of hydrogen-bond acceptors (Lipinski definition) is 2. The van der Waals surface area contributed by atoms with Crippen molar-refractivity contribution in [2.45, 2.75) is 41.5 Å². The van der Waals surface area contributed by atoms with Crippen LogP contribution in [-0.2, 0) is 0 Å². The second-order valence-electron chi connectivity index (χ2n) is 20.8. The van der Waals surface area contributed by atoms with E-state index in [1.807, 2.05) is 0 Å². The lowest BCUT2D eigenvalue weighted by atomic mass is 9.32. The first-order valence-corrected chi connectivity index (χ1v) is 25.6. The summed E-state index contributed by atoms with van der Waals surface area (Å²) >= 11 is 0. The van der Waals surface area contributed by atoms with E-state index in [1.54, 1.807) is 0 Å². The number of nitrogens with zero attached hydrogens (tertiary/aromatic N) is 2. The molecule has 0 fully saturated rings. The van der Waals surface area contributed by atoms with E-state index in [-0.39, 0.29) is 13.4 Å². The van der Waals surface area contributed by atoms with E-state index >= 15 is 0 Å². The number of fused-ring (bicyclic) bond motifs is 10. The molecule has 0 amide bonds. The zero-order chi connectivity index (χ0) is 48.5. The number of rotatable bonds is 5. The van der Waals surface area contributed by atoms with Crippen LogP contribution in [0.1, 0.15) is 33.4 Å². The highest BCUT2D eigenvalue weighted by atomic mass is 15.3. The number of benzene rings is 11. The highest BCUT2D eigenvalue weighted by Crippen LogP contribution is 2.57. The molecule has 0 aliphatic carbocycles. The van der Waals surface area contributed by atoms with Gasteiger partial charge >= 0.3 is 0 Å². The van der Waals surface area contributed by atoms with Crippen LogP contribution in [-0.4, -0.2) is 13.4 Å². The monoisotopic (exact) mass is 918 g/mol. The lowest BCUT2D eigenvalue weighted by Gasteiger charge is -2.50. The van der Waals surface area contributed by atoms with E-state index in [0.29, 0.717) is 0 Å². The predicted molar refractivity (Wildman–Crippen MR) is 311 cm³/mol. The second kappa shape index (κ2) is 16.1. The van der Waals surface area contributed by atoms with E-state index in [0.717, 1.165) is 0 Å². The Hall–Kier alpha value is -8.33. The molecular formula is C68H52B2N2. The molecule has 14 rings (SSSR count). The Bertz CT molecular complexity index is 4030. The van der Waals surface area contributed by atoms with Crippen molar-refractivity contribution in [3.63, 3.8) is 0 Å². The number of hydrogen-bond donors (Lipinski definition) is 0. The molecule has 0 saturated heterocycles. The lowest BCUT2D eigenvalue weighted by Crippen LogP contribution is -2.62. The summed E-state index contributed by atoms with van der Waals surface area (Å²) in [6.45, 7) is 13.7. The topological polar surface area (TPSA) is 6.48 Å². The van der Waals surface area contributed by atoms with Gasteiger partial charge in [-0.05, 0) is 149 Å². The van der Waals surface area contributed by atoms with Gasteiger partial charge < -0.3 is 9.80 Å². The molecule has 2 nitrogen and oxygen atoms in total. The van der Waals surface area contributed by atoms with Crippen molar-refractivity contribution in [3.8, 4) is 33.4 Å². The first-order valence-electron chi connectivity index (χ1n) is 25.6. The zero-order valence-electron chi connectivity index (χ0n) is 41.7. The summed E-state index contributed by atoms with van der Waals surface area (Å²) in [5, 5.41) is 5.07. The van der Waals surface area contributed by atoms with E-state index in [4.69, 9.17) is 0 Å². The van der Waals surface area contributed by atoms with Crippen LogP contribution in [0.4, 0.5) is 34.1 Å². The molecule has 0 radical (unpaired) electrons. The summed E-state index contributed by atoms with van der Waals surface area (Å²) in [7, 11) is 0. The molecule has 0 spiro atoms. The molecule has 3 aliphatic heterocycles. The summed E-state index contributed by atoms with van der Waals surface area (Å²) in [4.78, 5) is 5.38. The summed E-state index contributed by atoms with van der Waals surface area (Å²) in [6, 6.07) is 78.4. The van der Waals surface area contributed by atoms with Crippen LogP contribution < -0.4 is 42.6 Å². The molecule has 72 heavy (non-hydrogen) atoms. The SMILES string of the molecule is Cc1cc(C)c(B2c3cc(-c4cccc(-c5ccccc5)c4)ccc3N3c4cc5ccccc5c5c4N(c4cc(-c6ccccc6)ccc4B5c4c(C)cc(C)cc4C)c4cc5ccccc5c2c43)c(C)c1. The first kappa shape index (κ1) is 42.5. The van der Waals surface area contributed by atoms with E-state index < -0.39 is 0 Å². The average molecular weight is 919 g/mol. The van der Waals surface area contributed by atoms with Crippen molar-refractivity contribution in [3.05, 3.63) is 240 Å². The third-order valence-electron chi connectivity index (χ3n) is 16.2. The van der Waals surface area contributed by atoms with Gasteiger partial charge in [-0.3, -0.25) is 0 Å². The molecule has 0 aromatic heterocycles. The van der Waals surface area contributed by atoms with Gasteiger partial charge in [0.05, 0.1) is 22.7 Å². The maximum Gasteiger partial charge on any atom is 0.248 e. The van der Waals surface area contributed by atoms with Crippen LogP contribution in [0.15, 0.2) is 206 Å². The van der Waals surface area contributed by atoms with Gasteiger partial charge in [0, 0.05) is 11.4 Å². The Kier molecular flexibility index (Phi) is 9.51. The Morgan fingerprint density at radius 3 is 1.24 bits per heavy atom. The van der Waals surface area contributed by atoms with Crippen LogP contribution in [0.2, 0.25) is 0 Å². The van der Waals surface area contributed by atoms with Crippen LogP contribution in [0, 0.1) is 41.5 Å². The lowest BCUT2D eigenvalue weighted by molar-refractivity contribution is 1.19. The third kappa shape index (κ3) is 6.31. The summed E-state index contributed by atoms with van der Waals surface area (Å²) in [5.41, 5.74) is 30.7. The summed E-state index contributed by atoms with van der Waals surface area (Å²) < 4.78 is 0. The van der Waals surface area contributed by atoms with Crippen molar-refractivity contribution in [1.82, 2.24) is 0 Å². The van der Waals surface area contributed by atoms with Gasteiger partial charge in [-0.25, -0.2) is 0 Å². The minimum atomic E-state index is -0.0547. The fourth-order valence-electron chi connectivity index (χ4n) is 13.5. The normalized spacial score (nSPS) is 13.0. The fraction of sp³-hybridized carbons (Fsp3) is 0.0882. The van der Waals surface area contributed by atoms with Gasteiger partial charge in [0.2, 0.25) is 13.4 Å². The minimum absolute atomic E-state index is 0.0165. The molecule has 3 heterocycles. The Balaban J connectivity index is 1.14. The second-order valence-corrected chi connectivity index (χ2v) is 20.8. The molecular weight excluding hydrogens is 866 g/mol. The van der Waals surface area contributed by atoms with Gasteiger partial charge in [0.15, 0.2) is 0 Å². The largest absolute Gasteiger partial charge is 0.307 e. The molecule has 11 aromatic rings. The van der Waals surface area contributed by atoms with Gasteiger partial charge in [0.25, 0.3) is 0 Å².